The first-order chi connectivity index (χ1) is 8.36. The fourth-order valence-electron chi connectivity index (χ4n) is 2.93. The summed E-state index contributed by atoms with van der Waals surface area (Å²) < 4.78 is 0. The van der Waals surface area contributed by atoms with Crippen molar-refractivity contribution in [2.24, 2.45) is 5.92 Å². The van der Waals surface area contributed by atoms with Crippen LogP contribution in [-0.4, -0.2) is 30.4 Å². The Morgan fingerprint density at radius 2 is 1.88 bits per heavy atom. The highest BCUT2D eigenvalue weighted by Gasteiger charge is 2.15. The number of rotatable bonds is 8. The van der Waals surface area contributed by atoms with E-state index in [4.69, 9.17) is 11.6 Å². The van der Waals surface area contributed by atoms with Crippen molar-refractivity contribution in [1.82, 2.24) is 4.90 Å². The van der Waals surface area contributed by atoms with Crippen molar-refractivity contribution in [2.75, 3.05) is 25.5 Å². The Kier molecular flexibility index (Phi) is 9.18. The van der Waals surface area contributed by atoms with Crippen LogP contribution >= 0.6 is 11.6 Å². The minimum atomic E-state index is 0.836. The van der Waals surface area contributed by atoms with Gasteiger partial charge in [0.15, 0.2) is 0 Å². The summed E-state index contributed by atoms with van der Waals surface area (Å²) in [4.78, 5) is 2.69. The molecule has 0 aliphatic carbocycles. The second kappa shape index (κ2) is 10.2. The number of unbranched alkanes of at least 4 members (excludes halogenated alkanes) is 3. The summed E-state index contributed by atoms with van der Waals surface area (Å²) >= 11 is 5.69. The molecule has 102 valence electrons. The molecule has 0 aromatic carbocycles. The van der Waals surface area contributed by atoms with Gasteiger partial charge in [-0.2, -0.15) is 0 Å². The standard InChI is InChI=1S/C15H30ClN/c1-2-8-15-9-7-13-17(14-10-15)12-6-4-3-5-11-16/h15H,2-14H2,1H3. The van der Waals surface area contributed by atoms with E-state index in [1.807, 2.05) is 0 Å². The van der Waals surface area contributed by atoms with E-state index in [9.17, 15) is 0 Å². The van der Waals surface area contributed by atoms with Gasteiger partial charge in [0.1, 0.15) is 0 Å². The molecule has 1 fully saturated rings. The van der Waals surface area contributed by atoms with Crippen molar-refractivity contribution in [3.8, 4) is 0 Å². The Morgan fingerprint density at radius 3 is 2.65 bits per heavy atom. The molecule has 0 bridgehead atoms. The zero-order valence-corrected chi connectivity index (χ0v) is 12.4. The van der Waals surface area contributed by atoms with Crippen LogP contribution in [0.25, 0.3) is 0 Å². The van der Waals surface area contributed by atoms with E-state index in [0.717, 1.165) is 11.8 Å². The van der Waals surface area contributed by atoms with Crippen molar-refractivity contribution in [3.05, 3.63) is 0 Å². The lowest BCUT2D eigenvalue weighted by atomic mass is 9.96. The molecular weight excluding hydrogens is 230 g/mol. The van der Waals surface area contributed by atoms with Crippen molar-refractivity contribution in [3.63, 3.8) is 0 Å². The Hall–Kier alpha value is 0.250. The van der Waals surface area contributed by atoms with Gasteiger partial charge in [0.25, 0.3) is 0 Å². The molecular formula is C15H30ClN. The number of hydrogen-bond acceptors (Lipinski definition) is 1. The summed E-state index contributed by atoms with van der Waals surface area (Å²) in [5.74, 6) is 1.85. The molecule has 0 amide bonds. The van der Waals surface area contributed by atoms with Crippen LogP contribution in [0.2, 0.25) is 0 Å². The smallest absolute Gasteiger partial charge is 0.0223 e. The quantitative estimate of drug-likeness (QED) is 0.452. The molecule has 1 unspecified atom stereocenters. The zero-order valence-electron chi connectivity index (χ0n) is 11.6. The SMILES string of the molecule is CCCC1CCCN(CCCCCCCl)CC1. The lowest BCUT2D eigenvalue weighted by molar-refractivity contribution is 0.272. The van der Waals surface area contributed by atoms with E-state index in [1.54, 1.807) is 0 Å². The first-order valence-corrected chi connectivity index (χ1v) is 8.18. The van der Waals surface area contributed by atoms with Crippen molar-refractivity contribution in [2.45, 2.75) is 64.7 Å². The molecule has 1 saturated heterocycles. The van der Waals surface area contributed by atoms with Crippen LogP contribution < -0.4 is 0 Å². The van der Waals surface area contributed by atoms with Crippen molar-refractivity contribution in [1.29, 1.82) is 0 Å². The normalized spacial score (nSPS) is 22.6. The highest BCUT2D eigenvalue weighted by Crippen LogP contribution is 2.22. The minimum absolute atomic E-state index is 0.836. The Morgan fingerprint density at radius 1 is 1.06 bits per heavy atom. The average Bonchev–Trinajstić information content (AvgIpc) is 2.55. The maximum atomic E-state index is 5.69. The molecule has 1 aliphatic rings. The van der Waals surface area contributed by atoms with E-state index in [1.165, 1.54) is 77.4 Å². The van der Waals surface area contributed by atoms with Gasteiger partial charge < -0.3 is 4.90 Å². The lowest BCUT2D eigenvalue weighted by Gasteiger charge is -2.19. The van der Waals surface area contributed by atoms with Gasteiger partial charge in [0.05, 0.1) is 0 Å². The third-order valence-corrected chi connectivity index (χ3v) is 4.26. The molecule has 1 rings (SSSR count). The molecule has 1 heterocycles. The molecule has 1 nitrogen and oxygen atoms in total. The predicted molar refractivity (Wildman–Crippen MR) is 77.9 cm³/mol. The van der Waals surface area contributed by atoms with E-state index in [-0.39, 0.29) is 0 Å². The molecule has 0 saturated carbocycles. The largest absolute Gasteiger partial charge is 0.303 e. The van der Waals surface area contributed by atoms with Gasteiger partial charge in [-0.3, -0.25) is 0 Å². The third-order valence-electron chi connectivity index (χ3n) is 4.00. The number of nitrogens with zero attached hydrogens (tertiary/aromatic N) is 1. The molecule has 0 aromatic rings. The number of alkyl halides is 1. The second-order valence-electron chi connectivity index (χ2n) is 5.53. The Balaban J connectivity index is 2.05. The van der Waals surface area contributed by atoms with Crippen molar-refractivity contribution >= 4 is 11.6 Å². The van der Waals surface area contributed by atoms with Crippen LogP contribution in [0.3, 0.4) is 0 Å². The first-order valence-electron chi connectivity index (χ1n) is 7.65. The van der Waals surface area contributed by atoms with E-state index >= 15 is 0 Å². The number of hydrogen-bond donors (Lipinski definition) is 0. The van der Waals surface area contributed by atoms with Gasteiger partial charge in [-0.25, -0.2) is 0 Å². The fourth-order valence-corrected chi connectivity index (χ4v) is 3.12. The summed E-state index contributed by atoms with van der Waals surface area (Å²) in [7, 11) is 0. The summed E-state index contributed by atoms with van der Waals surface area (Å²) in [6, 6.07) is 0. The average molecular weight is 260 g/mol. The Labute approximate surface area is 113 Å². The molecule has 0 N–H and O–H groups in total. The molecule has 17 heavy (non-hydrogen) atoms. The molecule has 1 aliphatic heterocycles. The zero-order chi connectivity index (χ0) is 12.3. The summed E-state index contributed by atoms with van der Waals surface area (Å²) in [5, 5.41) is 0. The first kappa shape index (κ1) is 15.3. The van der Waals surface area contributed by atoms with E-state index in [2.05, 4.69) is 11.8 Å². The summed E-state index contributed by atoms with van der Waals surface area (Å²) in [5.41, 5.74) is 0. The van der Waals surface area contributed by atoms with Gasteiger partial charge in [-0.1, -0.05) is 32.6 Å². The van der Waals surface area contributed by atoms with Crippen LogP contribution in [-0.2, 0) is 0 Å². The molecule has 0 radical (unpaired) electrons. The van der Waals surface area contributed by atoms with Crippen LogP contribution in [0.1, 0.15) is 64.7 Å². The monoisotopic (exact) mass is 259 g/mol. The van der Waals surface area contributed by atoms with Crippen molar-refractivity contribution < 1.29 is 0 Å². The fraction of sp³-hybridized carbons (Fsp3) is 1.00. The predicted octanol–water partition coefficient (Wildman–Crippen LogP) is 4.69. The van der Waals surface area contributed by atoms with Crippen LogP contribution in [0.15, 0.2) is 0 Å². The molecule has 0 spiro atoms. The highest BCUT2D eigenvalue weighted by molar-refractivity contribution is 6.17. The summed E-state index contributed by atoms with van der Waals surface area (Å²) in [6.45, 7) is 6.33. The van der Waals surface area contributed by atoms with Gasteiger partial charge in [-0.05, 0) is 57.7 Å². The van der Waals surface area contributed by atoms with Crippen LogP contribution in [0, 0.1) is 5.92 Å². The van der Waals surface area contributed by atoms with Gasteiger partial charge >= 0.3 is 0 Å². The maximum Gasteiger partial charge on any atom is 0.0223 e. The summed E-state index contributed by atoms with van der Waals surface area (Å²) in [6.07, 6.45) is 12.4. The molecule has 0 aromatic heterocycles. The number of likely N-dealkylation sites (tertiary alicyclic amines) is 1. The van der Waals surface area contributed by atoms with E-state index < -0.39 is 0 Å². The molecule has 2 heteroatoms. The Bertz CT molecular complexity index is 172. The maximum absolute atomic E-state index is 5.69. The van der Waals surface area contributed by atoms with E-state index in [0.29, 0.717) is 0 Å². The minimum Gasteiger partial charge on any atom is -0.303 e. The van der Waals surface area contributed by atoms with Crippen LogP contribution in [0.5, 0.6) is 0 Å². The van der Waals surface area contributed by atoms with Gasteiger partial charge in [0.2, 0.25) is 0 Å². The number of halogens is 1. The lowest BCUT2D eigenvalue weighted by Crippen LogP contribution is -2.26. The molecule has 1 atom stereocenters. The van der Waals surface area contributed by atoms with Gasteiger partial charge in [-0.15, -0.1) is 11.6 Å². The third kappa shape index (κ3) is 7.31. The topological polar surface area (TPSA) is 3.24 Å². The van der Waals surface area contributed by atoms with Crippen LogP contribution in [0.4, 0.5) is 0 Å². The highest BCUT2D eigenvalue weighted by atomic mass is 35.5. The van der Waals surface area contributed by atoms with Gasteiger partial charge in [0, 0.05) is 5.88 Å². The second-order valence-corrected chi connectivity index (χ2v) is 5.91.